The van der Waals surface area contributed by atoms with Gasteiger partial charge in [-0.2, -0.15) is 13.2 Å². The van der Waals surface area contributed by atoms with Gasteiger partial charge in [0, 0.05) is 44.2 Å². The van der Waals surface area contributed by atoms with Gasteiger partial charge in [0.2, 0.25) is 6.43 Å². The largest absolute Gasteiger partial charge is 0.419 e. The van der Waals surface area contributed by atoms with Crippen molar-refractivity contribution in [1.29, 1.82) is 0 Å². The fourth-order valence-electron chi connectivity index (χ4n) is 2.66. The molecule has 0 unspecified atom stereocenters. The lowest BCUT2D eigenvalue weighted by Gasteiger charge is -2.35. The monoisotopic (exact) mass is 326 g/mol. The third-order valence-corrected chi connectivity index (χ3v) is 3.69. The molecule has 0 spiro atoms. The molecule has 1 heterocycles. The van der Waals surface area contributed by atoms with Crippen LogP contribution in [0, 0.1) is 5.82 Å². The number of nitrogens with zero attached hydrogens (tertiary/aromatic N) is 1. The summed E-state index contributed by atoms with van der Waals surface area (Å²) in [7, 11) is 0. The summed E-state index contributed by atoms with van der Waals surface area (Å²) >= 11 is 0. The maximum Gasteiger partial charge on any atom is 0.419 e. The van der Waals surface area contributed by atoms with Gasteiger partial charge in [0.05, 0.1) is 5.56 Å². The summed E-state index contributed by atoms with van der Waals surface area (Å²) in [6, 6.07) is 1.77. The molecule has 1 aliphatic heterocycles. The third kappa shape index (κ3) is 3.92. The second-order valence-electron chi connectivity index (χ2n) is 5.14. The van der Waals surface area contributed by atoms with Crippen molar-refractivity contribution in [1.82, 2.24) is 10.2 Å². The molecule has 1 N–H and O–H groups in total. The van der Waals surface area contributed by atoms with Gasteiger partial charge in [-0.05, 0) is 6.07 Å². The second-order valence-corrected chi connectivity index (χ2v) is 5.14. The van der Waals surface area contributed by atoms with Crippen LogP contribution in [0.1, 0.15) is 23.6 Å². The molecule has 1 aromatic carbocycles. The van der Waals surface area contributed by atoms with E-state index in [1.807, 2.05) is 0 Å². The number of piperazine rings is 1. The van der Waals surface area contributed by atoms with Gasteiger partial charge in [0.15, 0.2) is 0 Å². The van der Waals surface area contributed by atoms with Crippen LogP contribution in [-0.4, -0.2) is 37.5 Å². The van der Waals surface area contributed by atoms with Gasteiger partial charge in [-0.15, -0.1) is 0 Å². The molecule has 0 saturated carbocycles. The van der Waals surface area contributed by atoms with Gasteiger partial charge in [-0.3, -0.25) is 4.90 Å². The first-order chi connectivity index (χ1) is 10.3. The summed E-state index contributed by atoms with van der Waals surface area (Å²) in [4.78, 5) is 1.60. The van der Waals surface area contributed by atoms with Crippen LogP contribution >= 0.6 is 0 Å². The van der Waals surface area contributed by atoms with Gasteiger partial charge in [0.1, 0.15) is 5.82 Å². The molecule has 22 heavy (non-hydrogen) atoms. The van der Waals surface area contributed by atoms with E-state index in [9.17, 15) is 26.3 Å². The van der Waals surface area contributed by atoms with Crippen LogP contribution in [0.5, 0.6) is 0 Å². The molecule has 1 aromatic rings. The minimum absolute atomic E-state index is 0.322. The Morgan fingerprint density at radius 1 is 1.14 bits per heavy atom. The molecule has 0 bridgehead atoms. The number of rotatable bonds is 4. The van der Waals surface area contributed by atoms with Gasteiger partial charge < -0.3 is 5.32 Å². The normalized spacial score (nSPS) is 18.7. The van der Waals surface area contributed by atoms with Crippen molar-refractivity contribution in [3.8, 4) is 0 Å². The van der Waals surface area contributed by atoms with Crippen molar-refractivity contribution in [2.45, 2.75) is 25.1 Å². The molecule has 1 atom stereocenters. The van der Waals surface area contributed by atoms with E-state index in [1.165, 1.54) is 0 Å². The number of nitrogens with one attached hydrogen (secondary N) is 1. The maximum atomic E-state index is 14.2. The summed E-state index contributed by atoms with van der Waals surface area (Å²) in [5.74, 6) is -1.46. The first kappa shape index (κ1) is 17.1. The molecule has 1 fully saturated rings. The Morgan fingerprint density at radius 3 is 2.32 bits per heavy atom. The fraction of sp³-hybridized carbons (Fsp3) is 0.571. The van der Waals surface area contributed by atoms with Gasteiger partial charge >= 0.3 is 6.18 Å². The standard InChI is InChI=1S/C14H16F6N2/c15-12(16)8-11(22-6-4-21-5-7-22)9-2-1-3-10(13(9)17)14(18,19)20/h1-3,11-12,21H,4-8H2/t11-/m0/s1. The average molecular weight is 326 g/mol. The molecule has 0 radical (unpaired) electrons. The Kier molecular flexibility index (Phi) is 5.33. The average Bonchev–Trinajstić information content (AvgIpc) is 2.45. The van der Waals surface area contributed by atoms with Crippen molar-refractivity contribution in [3.05, 3.63) is 35.1 Å². The minimum Gasteiger partial charge on any atom is -0.314 e. The fourth-order valence-corrected chi connectivity index (χ4v) is 2.66. The van der Waals surface area contributed by atoms with E-state index in [2.05, 4.69) is 5.32 Å². The predicted octanol–water partition coefficient (Wildman–Crippen LogP) is 3.45. The lowest BCUT2D eigenvalue weighted by atomic mass is 9.98. The Bertz CT molecular complexity index is 497. The molecule has 0 aromatic heterocycles. The van der Waals surface area contributed by atoms with Crippen molar-refractivity contribution in [3.63, 3.8) is 0 Å². The molecule has 2 rings (SSSR count). The Labute approximate surface area is 124 Å². The molecule has 8 heteroatoms. The summed E-state index contributed by atoms with van der Waals surface area (Å²) in [6.07, 6.45) is -8.27. The van der Waals surface area contributed by atoms with E-state index in [-0.39, 0.29) is 5.56 Å². The summed E-state index contributed by atoms with van der Waals surface area (Å²) in [6.45, 7) is 1.82. The van der Waals surface area contributed by atoms with Crippen LogP contribution in [0.15, 0.2) is 18.2 Å². The van der Waals surface area contributed by atoms with E-state index >= 15 is 0 Å². The zero-order valence-electron chi connectivity index (χ0n) is 11.6. The Morgan fingerprint density at radius 2 is 1.77 bits per heavy atom. The first-order valence-corrected chi connectivity index (χ1v) is 6.89. The van der Waals surface area contributed by atoms with E-state index in [0.717, 1.165) is 12.1 Å². The summed E-state index contributed by atoms with van der Waals surface area (Å²) in [5.41, 5.74) is -1.74. The SMILES string of the molecule is Fc1c([C@H](CC(F)F)N2CCNCC2)cccc1C(F)(F)F. The zero-order valence-corrected chi connectivity index (χ0v) is 11.6. The number of hydrogen-bond acceptors (Lipinski definition) is 2. The number of halogens is 6. The molecule has 1 aliphatic rings. The van der Waals surface area contributed by atoms with Crippen LogP contribution in [0.2, 0.25) is 0 Å². The third-order valence-electron chi connectivity index (χ3n) is 3.69. The van der Waals surface area contributed by atoms with Crippen molar-refractivity contribution in [2.24, 2.45) is 0 Å². The highest BCUT2D eigenvalue weighted by Crippen LogP contribution is 2.36. The zero-order chi connectivity index (χ0) is 16.3. The molecular weight excluding hydrogens is 310 g/mol. The molecule has 124 valence electrons. The van der Waals surface area contributed by atoms with Crippen molar-refractivity contribution < 1.29 is 26.3 Å². The van der Waals surface area contributed by atoms with Crippen LogP contribution in [0.4, 0.5) is 26.3 Å². The Balaban J connectivity index is 2.38. The van der Waals surface area contributed by atoms with Crippen molar-refractivity contribution >= 4 is 0 Å². The smallest absolute Gasteiger partial charge is 0.314 e. The highest BCUT2D eigenvalue weighted by molar-refractivity contribution is 5.30. The van der Waals surface area contributed by atoms with E-state index < -0.39 is 36.4 Å². The van der Waals surface area contributed by atoms with Crippen LogP contribution in [0.25, 0.3) is 0 Å². The number of benzene rings is 1. The molecule has 0 amide bonds. The van der Waals surface area contributed by atoms with E-state index in [1.54, 1.807) is 4.90 Å². The molecule has 1 saturated heterocycles. The van der Waals surface area contributed by atoms with Gasteiger partial charge in [0.25, 0.3) is 0 Å². The molecule has 0 aliphatic carbocycles. The van der Waals surface area contributed by atoms with Crippen LogP contribution in [0.3, 0.4) is 0 Å². The Hall–Kier alpha value is -1.28. The van der Waals surface area contributed by atoms with Crippen LogP contribution in [-0.2, 0) is 6.18 Å². The summed E-state index contributed by atoms with van der Waals surface area (Å²) in [5, 5.41) is 3.02. The lowest BCUT2D eigenvalue weighted by Crippen LogP contribution is -2.45. The predicted molar refractivity (Wildman–Crippen MR) is 69.2 cm³/mol. The topological polar surface area (TPSA) is 15.3 Å². The molecular formula is C14H16F6N2. The van der Waals surface area contributed by atoms with Gasteiger partial charge in [-0.1, -0.05) is 12.1 Å². The highest BCUT2D eigenvalue weighted by atomic mass is 19.4. The molecule has 2 nitrogen and oxygen atoms in total. The van der Waals surface area contributed by atoms with E-state index in [0.29, 0.717) is 32.2 Å². The van der Waals surface area contributed by atoms with E-state index in [4.69, 9.17) is 0 Å². The van der Waals surface area contributed by atoms with Crippen molar-refractivity contribution in [2.75, 3.05) is 26.2 Å². The van der Waals surface area contributed by atoms with Gasteiger partial charge in [-0.25, -0.2) is 13.2 Å². The number of hydrogen-bond donors (Lipinski definition) is 1. The lowest BCUT2D eigenvalue weighted by molar-refractivity contribution is -0.140. The second kappa shape index (κ2) is 6.87. The number of alkyl halides is 5. The van der Waals surface area contributed by atoms with Crippen LogP contribution < -0.4 is 5.32 Å². The minimum atomic E-state index is -4.85. The maximum absolute atomic E-state index is 14.2. The summed E-state index contributed by atoms with van der Waals surface area (Å²) < 4.78 is 78.2. The highest BCUT2D eigenvalue weighted by Gasteiger charge is 2.37. The quantitative estimate of drug-likeness (QED) is 0.853. The first-order valence-electron chi connectivity index (χ1n) is 6.89.